The number of hydrogen-bond donors (Lipinski definition) is 1. The first-order valence-corrected chi connectivity index (χ1v) is 4.91. The fourth-order valence-electron chi connectivity index (χ4n) is 0.866. The molecule has 1 aromatic rings. The summed E-state index contributed by atoms with van der Waals surface area (Å²) in [5.74, 6) is 0.243. The lowest BCUT2D eigenvalue weighted by atomic mass is 10.2. The summed E-state index contributed by atoms with van der Waals surface area (Å²) >= 11 is 3.24. The molecule has 0 aliphatic carbocycles. The second-order valence-electron chi connectivity index (χ2n) is 3.05. The molecular weight excluding hydrogens is 230 g/mol. The summed E-state index contributed by atoms with van der Waals surface area (Å²) in [6.45, 7) is 3.98. The van der Waals surface area contributed by atoms with Crippen molar-refractivity contribution in [3.8, 4) is 5.75 Å². The lowest BCUT2D eigenvalue weighted by molar-refractivity contribution is 0.471. The van der Waals surface area contributed by atoms with Gasteiger partial charge in [-0.2, -0.15) is 0 Å². The summed E-state index contributed by atoms with van der Waals surface area (Å²) in [4.78, 5) is 4.19. The lowest BCUT2D eigenvalue weighted by Gasteiger charge is -2.01. The van der Waals surface area contributed by atoms with E-state index in [1.807, 2.05) is 26.0 Å². The van der Waals surface area contributed by atoms with E-state index in [9.17, 15) is 5.11 Å². The minimum atomic E-state index is 0.243. The lowest BCUT2D eigenvalue weighted by Crippen LogP contribution is -1.90. The average molecular weight is 242 g/mol. The van der Waals surface area contributed by atoms with Gasteiger partial charge in [-0.25, -0.2) is 0 Å². The number of nitrogens with zero attached hydrogens (tertiary/aromatic N) is 1. The number of para-hydroxylation sites is 1. The number of aromatic hydroxyl groups is 1. The molecule has 1 rings (SSSR count). The number of benzene rings is 1. The highest BCUT2D eigenvalue weighted by molar-refractivity contribution is 9.10. The van der Waals surface area contributed by atoms with Crippen molar-refractivity contribution in [2.75, 3.05) is 0 Å². The molecule has 0 spiro atoms. The van der Waals surface area contributed by atoms with Crippen LogP contribution in [0.2, 0.25) is 0 Å². The SMILES string of the molecule is CC(C)N=Cc1cccc(Br)c1O. The molecule has 0 heterocycles. The fourth-order valence-corrected chi connectivity index (χ4v) is 1.25. The van der Waals surface area contributed by atoms with E-state index in [2.05, 4.69) is 20.9 Å². The molecule has 0 saturated carbocycles. The summed E-state index contributed by atoms with van der Waals surface area (Å²) in [5.41, 5.74) is 0.739. The van der Waals surface area contributed by atoms with Crippen molar-refractivity contribution in [3.63, 3.8) is 0 Å². The normalized spacial score (nSPS) is 11.4. The maximum atomic E-state index is 9.57. The summed E-state index contributed by atoms with van der Waals surface area (Å²) in [6, 6.07) is 5.73. The zero-order valence-electron chi connectivity index (χ0n) is 7.66. The minimum Gasteiger partial charge on any atom is -0.506 e. The maximum absolute atomic E-state index is 9.57. The summed E-state index contributed by atoms with van der Waals surface area (Å²) in [6.07, 6.45) is 1.69. The van der Waals surface area contributed by atoms with Crippen LogP contribution < -0.4 is 0 Å². The quantitative estimate of drug-likeness (QED) is 0.794. The summed E-state index contributed by atoms with van der Waals surface area (Å²) in [5, 5.41) is 9.57. The van der Waals surface area contributed by atoms with Crippen molar-refractivity contribution in [3.05, 3.63) is 28.2 Å². The van der Waals surface area contributed by atoms with Crippen molar-refractivity contribution in [2.24, 2.45) is 4.99 Å². The van der Waals surface area contributed by atoms with Gasteiger partial charge in [-0.1, -0.05) is 6.07 Å². The van der Waals surface area contributed by atoms with Gasteiger partial charge in [0.2, 0.25) is 0 Å². The first-order chi connectivity index (χ1) is 6.11. The molecule has 0 bridgehead atoms. The average Bonchev–Trinajstić information content (AvgIpc) is 2.07. The smallest absolute Gasteiger partial charge is 0.138 e. The Morgan fingerprint density at radius 2 is 2.15 bits per heavy atom. The molecule has 0 saturated heterocycles. The summed E-state index contributed by atoms with van der Waals surface area (Å²) in [7, 11) is 0. The molecule has 70 valence electrons. The van der Waals surface area contributed by atoms with Gasteiger partial charge in [-0.15, -0.1) is 0 Å². The van der Waals surface area contributed by atoms with Crippen LogP contribution in [0.4, 0.5) is 0 Å². The Hall–Kier alpha value is -0.830. The fraction of sp³-hybridized carbons (Fsp3) is 0.300. The molecule has 0 aromatic heterocycles. The van der Waals surface area contributed by atoms with E-state index >= 15 is 0 Å². The molecule has 3 heteroatoms. The number of aliphatic imine (C=N–C) groups is 1. The first-order valence-electron chi connectivity index (χ1n) is 4.12. The van der Waals surface area contributed by atoms with E-state index in [1.165, 1.54) is 0 Å². The largest absolute Gasteiger partial charge is 0.506 e. The molecule has 0 aliphatic heterocycles. The Balaban J connectivity index is 2.95. The van der Waals surface area contributed by atoms with E-state index in [0.717, 1.165) is 5.56 Å². The molecule has 0 fully saturated rings. The molecule has 0 radical (unpaired) electrons. The number of phenols is 1. The van der Waals surface area contributed by atoms with Gasteiger partial charge in [0.1, 0.15) is 5.75 Å². The van der Waals surface area contributed by atoms with Crippen LogP contribution in [-0.2, 0) is 0 Å². The van der Waals surface area contributed by atoms with Gasteiger partial charge in [0, 0.05) is 17.8 Å². The molecule has 1 N–H and O–H groups in total. The maximum Gasteiger partial charge on any atom is 0.138 e. The minimum absolute atomic E-state index is 0.243. The van der Waals surface area contributed by atoms with E-state index < -0.39 is 0 Å². The Morgan fingerprint density at radius 1 is 1.46 bits per heavy atom. The Bertz CT molecular complexity index is 321. The highest BCUT2D eigenvalue weighted by atomic mass is 79.9. The van der Waals surface area contributed by atoms with E-state index in [1.54, 1.807) is 12.3 Å². The highest BCUT2D eigenvalue weighted by Gasteiger charge is 2.01. The first kappa shape index (κ1) is 10.3. The van der Waals surface area contributed by atoms with Crippen LogP contribution in [0.15, 0.2) is 27.7 Å². The second kappa shape index (κ2) is 4.42. The molecule has 0 amide bonds. The van der Waals surface area contributed by atoms with Gasteiger partial charge >= 0.3 is 0 Å². The number of rotatable bonds is 2. The standard InChI is InChI=1S/C10H12BrNO/c1-7(2)12-6-8-4-3-5-9(11)10(8)13/h3-7,13H,1-2H3. The third-order valence-electron chi connectivity index (χ3n) is 1.53. The third-order valence-corrected chi connectivity index (χ3v) is 2.17. The van der Waals surface area contributed by atoms with Crippen LogP contribution >= 0.6 is 15.9 Å². The van der Waals surface area contributed by atoms with Crippen molar-refractivity contribution in [1.82, 2.24) is 0 Å². The van der Waals surface area contributed by atoms with Crippen LogP contribution in [-0.4, -0.2) is 17.4 Å². The van der Waals surface area contributed by atoms with Crippen LogP contribution in [0.3, 0.4) is 0 Å². The van der Waals surface area contributed by atoms with E-state index in [4.69, 9.17) is 0 Å². The van der Waals surface area contributed by atoms with Crippen molar-refractivity contribution in [1.29, 1.82) is 0 Å². The van der Waals surface area contributed by atoms with E-state index in [-0.39, 0.29) is 11.8 Å². The Kier molecular flexibility index (Phi) is 3.48. The predicted octanol–water partition coefficient (Wildman–Crippen LogP) is 2.98. The Labute approximate surface area is 86.4 Å². The summed E-state index contributed by atoms with van der Waals surface area (Å²) < 4.78 is 0.695. The van der Waals surface area contributed by atoms with Gasteiger partial charge in [0.15, 0.2) is 0 Å². The zero-order chi connectivity index (χ0) is 9.84. The van der Waals surface area contributed by atoms with Crippen LogP contribution in [0.5, 0.6) is 5.75 Å². The third kappa shape index (κ3) is 2.84. The van der Waals surface area contributed by atoms with Gasteiger partial charge in [-0.05, 0) is 41.9 Å². The monoisotopic (exact) mass is 241 g/mol. The molecule has 0 unspecified atom stereocenters. The molecule has 0 atom stereocenters. The number of halogens is 1. The zero-order valence-corrected chi connectivity index (χ0v) is 9.25. The van der Waals surface area contributed by atoms with Crippen molar-refractivity contribution < 1.29 is 5.11 Å². The topological polar surface area (TPSA) is 32.6 Å². The molecule has 0 aliphatic rings. The van der Waals surface area contributed by atoms with Gasteiger partial charge in [-0.3, -0.25) is 4.99 Å². The Morgan fingerprint density at radius 3 is 2.77 bits per heavy atom. The van der Waals surface area contributed by atoms with Gasteiger partial charge in [0.25, 0.3) is 0 Å². The van der Waals surface area contributed by atoms with Crippen LogP contribution in [0.25, 0.3) is 0 Å². The van der Waals surface area contributed by atoms with Gasteiger partial charge in [0.05, 0.1) is 4.47 Å². The van der Waals surface area contributed by atoms with Crippen molar-refractivity contribution in [2.45, 2.75) is 19.9 Å². The number of hydrogen-bond acceptors (Lipinski definition) is 2. The van der Waals surface area contributed by atoms with Crippen LogP contribution in [0, 0.1) is 0 Å². The molecule has 1 aromatic carbocycles. The second-order valence-corrected chi connectivity index (χ2v) is 3.90. The number of phenolic OH excluding ortho intramolecular Hbond substituents is 1. The predicted molar refractivity (Wildman–Crippen MR) is 58.5 cm³/mol. The van der Waals surface area contributed by atoms with E-state index in [0.29, 0.717) is 4.47 Å². The molecular formula is C10H12BrNO. The van der Waals surface area contributed by atoms with Crippen LogP contribution in [0.1, 0.15) is 19.4 Å². The highest BCUT2D eigenvalue weighted by Crippen LogP contribution is 2.26. The molecule has 13 heavy (non-hydrogen) atoms. The van der Waals surface area contributed by atoms with Gasteiger partial charge < -0.3 is 5.11 Å². The molecule has 2 nitrogen and oxygen atoms in total. The van der Waals surface area contributed by atoms with Crippen molar-refractivity contribution >= 4 is 22.1 Å².